The van der Waals surface area contributed by atoms with E-state index in [1.807, 2.05) is 0 Å². The predicted molar refractivity (Wildman–Crippen MR) is 128 cm³/mol. The minimum Gasteiger partial charge on any atom is -0.462 e. The fraction of sp³-hybridized carbons (Fsp3) is 0.269. The van der Waals surface area contributed by atoms with Crippen LogP contribution in [-0.4, -0.2) is 45.1 Å². The van der Waals surface area contributed by atoms with Crippen molar-refractivity contribution in [2.24, 2.45) is 4.99 Å². The summed E-state index contributed by atoms with van der Waals surface area (Å²) < 4.78 is 41.1. The van der Waals surface area contributed by atoms with Gasteiger partial charge in [0.2, 0.25) is 0 Å². The number of benzene rings is 1. The summed E-state index contributed by atoms with van der Waals surface area (Å²) in [6.45, 7) is 2.34. The van der Waals surface area contributed by atoms with Crippen molar-refractivity contribution in [3.05, 3.63) is 87.3 Å². The topological polar surface area (TPSA) is 104 Å². The van der Waals surface area contributed by atoms with Gasteiger partial charge in [0.1, 0.15) is 16.9 Å². The van der Waals surface area contributed by atoms with Gasteiger partial charge >= 0.3 is 5.97 Å². The molecule has 4 aromatic rings. The lowest BCUT2D eigenvalue weighted by Crippen LogP contribution is -2.35. The van der Waals surface area contributed by atoms with Gasteiger partial charge < -0.3 is 14.0 Å². The number of esters is 1. The number of hydrogen-bond acceptors (Lipinski definition) is 6. The zero-order chi connectivity index (χ0) is 26.1. The van der Waals surface area contributed by atoms with Crippen molar-refractivity contribution in [2.75, 3.05) is 13.2 Å². The van der Waals surface area contributed by atoms with E-state index in [9.17, 15) is 23.2 Å². The first kappa shape index (κ1) is 24.4. The van der Waals surface area contributed by atoms with Gasteiger partial charge in [-0.2, -0.15) is 4.99 Å². The molecule has 0 radical (unpaired) electrons. The van der Waals surface area contributed by atoms with Gasteiger partial charge in [-0.05, 0) is 56.2 Å². The van der Waals surface area contributed by atoms with Crippen LogP contribution < -0.4 is 11.0 Å². The molecule has 1 fully saturated rings. The van der Waals surface area contributed by atoms with E-state index in [0.29, 0.717) is 18.7 Å². The van der Waals surface area contributed by atoms with Gasteiger partial charge in [-0.25, -0.2) is 18.6 Å². The smallest absolute Gasteiger partial charge is 0.341 e. The van der Waals surface area contributed by atoms with Gasteiger partial charge in [-0.3, -0.25) is 14.0 Å². The number of aromatic nitrogens is 3. The number of carbonyl (C=O) groups excluding carboxylic acids is 2. The lowest BCUT2D eigenvalue weighted by atomic mass is 10.1. The summed E-state index contributed by atoms with van der Waals surface area (Å²) in [5, 5.41) is 0.115. The fourth-order valence-corrected chi connectivity index (χ4v) is 4.31. The Morgan fingerprint density at radius 1 is 1.19 bits per heavy atom. The van der Waals surface area contributed by atoms with Crippen molar-refractivity contribution >= 4 is 28.6 Å². The van der Waals surface area contributed by atoms with Gasteiger partial charge in [-0.1, -0.05) is 6.07 Å². The third kappa shape index (κ3) is 4.65. The van der Waals surface area contributed by atoms with Gasteiger partial charge in [0.05, 0.1) is 24.6 Å². The molecule has 1 aliphatic rings. The first-order valence-corrected chi connectivity index (χ1v) is 11.7. The van der Waals surface area contributed by atoms with Crippen LogP contribution in [0.3, 0.4) is 0 Å². The zero-order valence-corrected chi connectivity index (χ0v) is 19.8. The third-order valence-electron chi connectivity index (χ3n) is 6.07. The fourth-order valence-electron chi connectivity index (χ4n) is 4.31. The van der Waals surface area contributed by atoms with Crippen LogP contribution in [0.5, 0.6) is 0 Å². The van der Waals surface area contributed by atoms with Crippen LogP contribution in [0.15, 0.2) is 58.4 Å². The highest BCUT2D eigenvalue weighted by Gasteiger charge is 2.24. The third-order valence-corrected chi connectivity index (χ3v) is 6.07. The Balaban J connectivity index is 1.85. The Bertz CT molecular complexity index is 1670. The van der Waals surface area contributed by atoms with Crippen molar-refractivity contribution in [3.63, 3.8) is 0 Å². The molecule has 1 amide bonds. The minimum absolute atomic E-state index is 0.0358. The average molecular weight is 508 g/mol. The molecule has 1 unspecified atom stereocenters. The number of nitrogens with zero attached hydrogens (tertiary/aromatic N) is 4. The second-order valence-corrected chi connectivity index (χ2v) is 8.48. The number of hydrogen-bond donors (Lipinski definition) is 0. The van der Waals surface area contributed by atoms with Crippen LogP contribution in [0.25, 0.3) is 16.7 Å². The van der Waals surface area contributed by atoms with E-state index >= 15 is 0 Å². The molecule has 37 heavy (non-hydrogen) atoms. The highest BCUT2D eigenvalue weighted by molar-refractivity contribution is 5.97. The van der Waals surface area contributed by atoms with E-state index in [1.54, 1.807) is 31.3 Å². The van der Waals surface area contributed by atoms with E-state index in [1.165, 1.54) is 15.0 Å². The Morgan fingerprint density at radius 2 is 2.03 bits per heavy atom. The zero-order valence-electron chi connectivity index (χ0n) is 19.8. The summed E-state index contributed by atoms with van der Waals surface area (Å²) in [6.07, 6.45) is 2.80. The van der Waals surface area contributed by atoms with Crippen molar-refractivity contribution < 1.29 is 27.8 Å². The molecular weight excluding hydrogens is 486 g/mol. The Morgan fingerprint density at radius 3 is 2.76 bits per heavy atom. The van der Waals surface area contributed by atoms with Crippen molar-refractivity contribution in [2.45, 2.75) is 32.4 Å². The molecule has 0 spiro atoms. The van der Waals surface area contributed by atoms with Crippen molar-refractivity contribution in [1.82, 2.24) is 14.0 Å². The van der Waals surface area contributed by atoms with Crippen molar-refractivity contribution in [1.29, 1.82) is 0 Å². The summed E-state index contributed by atoms with van der Waals surface area (Å²) in [4.78, 5) is 48.2. The number of carbonyl (C=O) groups is 2. The molecule has 3 aromatic heterocycles. The van der Waals surface area contributed by atoms with Gasteiger partial charge in [0, 0.05) is 18.4 Å². The molecule has 1 atom stereocenters. The number of ether oxygens (including phenoxy) is 2. The number of halogens is 2. The van der Waals surface area contributed by atoms with E-state index in [2.05, 4.69) is 9.98 Å². The second kappa shape index (κ2) is 10.0. The molecule has 0 bridgehead atoms. The summed E-state index contributed by atoms with van der Waals surface area (Å²) in [5.74, 6) is -4.04. The maximum atomic E-state index is 13.8. The van der Waals surface area contributed by atoms with Crippen LogP contribution in [0.2, 0.25) is 0 Å². The summed E-state index contributed by atoms with van der Waals surface area (Å²) in [5.41, 5.74) is -0.365. The highest BCUT2D eigenvalue weighted by Crippen LogP contribution is 2.18. The largest absolute Gasteiger partial charge is 0.462 e. The number of amides is 1. The first-order chi connectivity index (χ1) is 17.9. The quantitative estimate of drug-likeness (QED) is 0.303. The maximum absolute atomic E-state index is 13.8. The number of fused-ring (bicyclic) bond motifs is 2. The van der Waals surface area contributed by atoms with Crippen LogP contribution in [-0.2, 0) is 16.0 Å². The molecule has 190 valence electrons. The van der Waals surface area contributed by atoms with Gasteiger partial charge in [0.15, 0.2) is 17.1 Å². The van der Waals surface area contributed by atoms with Crippen LogP contribution in [0, 0.1) is 11.6 Å². The molecule has 9 nitrogen and oxygen atoms in total. The normalized spacial score (nSPS) is 16.0. The predicted octanol–water partition coefficient (Wildman–Crippen LogP) is 3.02. The van der Waals surface area contributed by atoms with Crippen LogP contribution >= 0.6 is 0 Å². The van der Waals surface area contributed by atoms with Crippen LogP contribution in [0.1, 0.15) is 40.5 Å². The van der Waals surface area contributed by atoms with E-state index in [4.69, 9.17) is 9.47 Å². The molecule has 0 saturated carbocycles. The highest BCUT2D eigenvalue weighted by atomic mass is 19.2. The van der Waals surface area contributed by atoms with Crippen LogP contribution in [0.4, 0.5) is 8.78 Å². The minimum atomic E-state index is -1.21. The van der Waals surface area contributed by atoms with E-state index in [-0.39, 0.29) is 46.9 Å². The SMILES string of the molecule is CCOC(=O)c1cc2c(=O)n3ccccc3nc2n(CC2CCCO2)c1=NC(=O)c1ccc(F)c(F)c1. The van der Waals surface area contributed by atoms with E-state index in [0.717, 1.165) is 24.6 Å². The standard InChI is InChI=1S/C26H22F2N4O5/c1-2-36-26(35)18-13-17-22(29-21-7-3-4-10-31(21)25(17)34)32(14-16-6-5-11-37-16)23(18)30-24(33)15-8-9-19(27)20(28)12-15/h3-4,7-10,12-13,16H,2,5-6,11,14H2,1H3. The molecule has 0 aliphatic carbocycles. The van der Waals surface area contributed by atoms with Gasteiger partial charge in [0.25, 0.3) is 11.5 Å². The second-order valence-electron chi connectivity index (χ2n) is 8.48. The Kier molecular flexibility index (Phi) is 6.62. The molecule has 1 aliphatic heterocycles. The molecule has 4 heterocycles. The molecule has 1 aromatic carbocycles. The maximum Gasteiger partial charge on any atom is 0.341 e. The number of rotatable bonds is 5. The molecule has 11 heteroatoms. The lowest BCUT2D eigenvalue weighted by Gasteiger charge is -2.18. The molecule has 1 saturated heterocycles. The lowest BCUT2D eigenvalue weighted by molar-refractivity contribution is 0.0521. The van der Waals surface area contributed by atoms with Crippen molar-refractivity contribution in [3.8, 4) is 0 Å². The monoisotopic (exact) mass is 508 g/mol. The first-order valence-electron chi connectivity index (χ1n) is 11.7. The summed E-state index contributed by atoms with van der Waals surface area (Å²) >= 11 is 0. The average Bonchev–Trinajstić information content (AvgIpc) is 3.40. The summed E-state index contributed by atoms with van der Waals surface area (Å²) in [7, 11) is 0. The van der Waals surface area contributed by atoms with E-state index < -0.39 is 29.1 Å². The molecule has 5 rings (SSSR count). The molecule has 0 N–H and O–H groups in total. The molecular formula is C26H22F2N4O5. The Hall–Kier alpha value is -4.25. The summed E-state index contributed by atoms with van der Waals surface area (Å²) in [6, 6.07) is 9.00. The number of pyridine rings is 2. The Labute approximate surface area is 208 Å². The van der Waals surface area contributed by atoms with Gasteiger partial charge in [-0.15, -0.1) is 0 Å².